The van der Waals surface area contributed by atoms with E-state index >= 15 is 0 Å². The minimum atomic E-state index is -0.491. The van der Waals surface area contributed by atoms with Gasteiger partial charge in [-0.1, -0.05) is 11.6 Å². The maximum absolute atomic E-state index is 11.7. The third-order valence-electron chi connectivity index (χ3n) is 2.53. The molecule has 0 aromatic heterocycles. The molecular weight excluding hydrogens is 244 g/mol. The molecule has 1 atom stereocenters. The molecule has 1 aromatic rings. The van der Waals surface area contributed by atoms with E-state index in [1.807, 2.05) is 0 Å². The monoisotopic (exact) mass is 254 g/mol. The Morgan fingerprint density at radius 2 is 2.29 bits per heavy atom. The van der Waals surface area contributed by atoms with Gasteiger partial charge in [0.15, 0.2) is 0 Å². The summed E-state index contributed by atoms with van der Waals surface area (Å²) >= 11 is 5.71. The minimum Gasteiger partial charge on any atom is -0.506 e. The molecule has 0 radical (unpaired) electrons. The highest BCUT2D eigenvalue weighted by Gasteiger charge is 2.27. The van der Waals surface area contributed by atoms with Crippen LogP contribution in [0.5, 0.6) is 5.75 Å². The molecular formula is C11H11ClN2O3. The zero-order chi connectivity index (χ0) is 12.4. The number of phenolic OH excluding ortho intramolecular Hbond substituents is 1. The molecule has 1 aromatic carbocycles. The molecule has 90 valence electrons. The van der Waals surface area contributed by atoms with E-state index in [9.17, 15) is 14.7 Å². The zero-order valence-electron chi connectivity index (χ0n) is 8.87. The molecule has 1 aliphatic rings. The van der Waals surface area contributed by atoms with Crippen molar-refractivity contribution in [3.8, 4) is 5.75 Å². The Hall–Kier alpha value is -1.75. The Morgan fingerprint density at radius 3 is 2.88 bits per heavy atom. The number of anilines is 1. The van der Waals surface area contributed by atoms with Crippen LogP contribution in [0.3, 0.4) is 0 Å². The molecule has 1 heterocycles. The van der Waals surface area contributed by atoms with Crippen LogP contribution in [0.2, 0.25) is 5.02 Å². The first-order valence-corrected chi connectivity index (χ1v) is 5.53. The first-order chi connectivity index (χ1) is 8.06. The third-order valence-corrected chi connectivity index (χ3v) is 2.83. The lowest BCUT2D eigenvalue weighted by molar-refractivity contribution is -0.122. The first kappa shape index (κ1) is 11.7. The summed E-state index contributed by atoms with van der Waals surface area (Å²) in [4.78, 5) is 22.7. The lowest BCUT2D eigenvalue weighted by atomic mass is 10.2. The Labute approximate surface area is 103 Å². The summed E-state index contributed by atoms with van der Waals surface area (Å²) in [6.07, 6.45) is 0.866. The van der Waals surface area contributed by atoms with E-state index in [1.54, 1.807) is 0 Å². The Bertz CT molecular complexity index is 476. The molecule has 0 saturated carbocycles. The predicted octanol–water partition coefficient (Wildman–Crippen LogP) is 1.26. The van der Waals surface area contributed by atoms with E-state index in [-0.39, 0.29) is 22.6 Å². The van der Waals surface area contributed by atoms with Gasteiger partial charge in [-0.15, -0.1) is 0 Å². The number of aromatic hydroxyl groups is 1. The number of halogens is 1. The number of phenols is 1. The van der Waals surface area contributed by atoms with Crippen LogP contribution >= 0.6 is 11.6 Å². The van der Waals surface area contributed by atoms with E-state index in [2.05, 4.69) is 10.6 Å². The quantitative estimate of drug-likeness (QED) is 0.696. The number of hydrogen-bond donors (Lipinski definition) is 3. The largest absolute Gasteiger partial charge is 0.506 e. The highest BCUT2D eigenvalue weighted by molar-refractivity contribution is 6.32. The SMILES string of the molecule is O=C1CC[C@H](C(=O)Nc2ccc(O)c(Cl)c2)N1. The van der Waals surface area contributed by atoms with Crippen molar-refractivity contribution in [3.05, 3.63) is 23.2 Å². The van der Waals surface area contributed by atoms with Gasteiger partial charge in [0.25, 0.3) is 0 Å². The minimum absolute atomic E-state index is 0.0427. The number of benzene rings is 1. The lowest BCUT2D eigenvalue weighted by Gasteiger charge is -2.11. The van der Waals surface area contributed by atoms with Crippen LogP contribution in [-0.4, -0.2) is 23.0 Å². The van der Waals surface area contributed by atoms with E-state index in [4.69, 9.17) is 11.6 Å². The van der Waals surface area contributed by atoms with Crippen molar-refractivity contribution in [3.63, 3.8) is 0 Å². The molecule has 2 rings (SSSR count). The first-order valence-electron chi connectivity index (χ1n) is 5.15. The van der Waals surface area contributed by atoms with Gasteiger partial charge in [0, 0.05) is 12.1 Å². The van der Waals surface area contributed by atoms with Crippen LogP contribution in [0.1, 0.15) is 12.8 Å². The highest BCUT2D eigenvalue weighted by atomic mass is 35.5. The van der Waals surface area contributed by atoms with Crippen LogP contribution in [0.25, 0.3) is 0 Å². The molecule has 0 spiro atoms. The van der Waals surface area contributed by atoms with E-state index in [1.165, 1.54) is 18.2 Å². The van der Waals surface area contributed by atoms with Crippen molar-refractivity contribution in [1.29, 1.82) is 0 Å². The summed E-state index contributed by atoms with van der Waals surface area (Å²) in [5.74, 6) is -0.440. The number of hydrogen-bond acceptors (Lipinski definition) is 3. The number of nitrogens with one attached hydrogen (secondary N) is 2. The smallest absolute Gasteiger partial charge is 0.246 e. The standard InChI is InChI=1S/C11H11ClN2O3/c12-7-5-6(1-3-9(7)15)13-11(17)8-2-4-10(16)14-8/h1,3,5,8,15H,2,4H2,(H,13,17)(H,14,16)/t8-/m1/s1. The summed E-state index contributed by atoms with van der Waals surface area (Å²) < 4.78 is 0. The average Bonchev–Trinajstić information content (AvgIpc) is 2.70. The Kier molecular flexibility index (Phi) is 3.19. The van der Waals surface area contributed by atoms with Crippen molar-refractivity contribution in [2.24, 2.45) is 0 Å². The average molecular weight is 255 g/mol. The second-order valence-corrected chi connectivity index (χ2v) is 4.22. The molecule has 1 fully saturated rings. The maximum atomic E-state index is 11.7. The summed E-state index contributed by atoms with van der Waals surface area (Å²) in [6.45, 7) is 0. The van der Waals surface area contributed by atoms with Gasteiger partial charge in [-0.3, -0.25) is 9.59 Å². The molecule has 0 bridgehead atoms. The summed E-state index contributed by atoms with van der Waals surface area (Å²) in [5, 5.41) is 14.6. The third kappa shape index (κ3) is 2.68. The lowest BCUT2D eigenvalue weighted by Crippen LogP contribution is -2.37. The van der Waals surface area contributed by atoms with Crippen LogP contribution in [0.4, 0.5) is 5.69 Å². The van der Waals surface area contributed by atoms with Gasteiger partial charge < -0.3 is 15.7 Å². The molecule has 3 N–H and O–H groups in total. The van der Waals surface area contributed by atoms with Gasteiger partial charge in [-0.05, 0) is 24.6 Å². The molecule has 5 nitrogen and oxygen atoms in total. The fraction of sp³-hybridized carbons (Fsp3) is 0.273. The van der Waals surface area contributed by atoms with Crippen LogP contribution < -0.4 is 10.6 Å². The van der Waals surface area contributed by atoms with Crippen LogP contribution in [-0.2, 0) is 9.59 Å². The van der Waals surface area contributed by atoms with Crippen molar-refractivity contribution in [2.45, 2.75) is 18.9 Å². The fourth-order valence-electron chi connectivity index (χ4n) is 1.62. The topological polar surface area (TPSA) is 78.4 Å². The van der Waals surface area contributed by atoms with Crippen LogP contribution in [0.15, 0.2) is 18.2 Å². The molecule has 0 aliphatic carbocycles. The predicted molar refractivity (Wildman–Crippen MR) is 62.9 cm³/mol. The number of carbonyl (C=O) groups is 2. The van der Waals surface area contributed by atoms with E-state index < -0.39 is 6.04 Å². The molecule has 1 saturated heterocycles. The Morgan fingerprint density at radius 1 is 1.53 bits per heavy atom. The van der Waals surface area contributed by atoms with Crippen molar-refractivity contribution in [1.82, 2.24) is 5.32 Å². The van der Waals surface area contributed by atoms with Gasteiger partial charge in [0.1, 0.15) is 11.8 Å². The second kappa shape index (κ2) is 4.63. The van der Waals surface area contributed by atoms with Gasteiger partial charge in [0.05, 0.1) is 5.02 Å². The van der Waals surface area contributed by atoms with Gasteiger partial charge in [-0.2, -0.15) is 0 Å². The molecule has 1 aliphatic heterocycles. The van der Waals surface area contributed by atoms with E-state index in [0.29, 0.717) is 18.5 Å². The number of carbonyl (C=O) groups excluding carboxylic acids is 2. The van der Waals surface area contributed by atoms with E-state index in [0.717, 1.165) is 0 Å². The number of amides is 2. The molecule has 0 unspecified atom stereocenters. The summed E-state index contributed by atoms with van der Waals surface area (Å²) in [7, 11) is 0. The van der Waals surface area contributed by atoms with Crippen LogP contribution in [0, 0.1) is 0 Å². The second-order valence-electron chi connectivity index (χ2n) is 3.81. The zero-order valence-corrected chi connectivity index (χ0v) is 9.62. The molecule has 2 amide bonds. The highest BCUT2D eigenvalue weighted by Crippen LogP contribution is 2.26. The van der Waals surface area contributed by atoms with Gasteiger partial charge >= 0.3 is 0 Å². The van der Waals surface area contributed by atoms with Gasteiger partial charge in [0.2, 0.25) is 11.8 Å². The maximum Gasteiger partial charge on any atom is 0.246 e. The fourth-order valence-corrected chi connectivity index (χ4v) is 1.81. The Balaban J connectivity index is 2.03. The van der Waals surface area contributed by atoms with Crippen molar-refractivity contribution in [2.75, 3.05) is 5.32 Å². The van der Waals surface area contributed by atoms with Gasteiger partial charge in [-0.25, -0.2) is 0 Å². The normalized spacial score (nSPS) is 18.9. The number of rotatable bonds is 2. The van der Waals surface area contributed by atoms with Crippen molar-refractivity contribution < 1.29 is 14.7 Å². The summed E-state index contributed by atoms with van der Waals surface area (Å²) in [5.41, 5.74) is 0.485. The summed E-state index contributed by atoms with van der Waals surface area (Å²) in [6, 6.07) is 3.89. The molecule has 6 heteroatoms. The molecule has 17 heavy (non-hydrogen) atoms. The van der Waals surface area contributed by atoms with Crippen molar-refractivity contribution >= 4 is 29.1 Å².